The van der Waals surface area contributed by atoms with Crippen molar-refractivity contribution in [2.24, 2.45) is 5.10 Å². The highest BCUT2D eigenvalue weighted by Gasteiger charge is 2.17. The van der Waals surface area contributed by atoms with Gasteiger partial charge in [-0.1, -0.05) is 6.07 Å². The van der Waals surface area contributed by atoms with Gasteiger partial charge in [0.15, 0.2) is 11.5 Å². The van der Waals surface area contributed by atoms with Gasteiger partial charge in [0.1, 0.15) is 0 Å². The van der Waals surface area contributed by atoms with Gasteiger partial charge in [0.05, 0.1) is 16.0 Å². The van der Waals surface area contributed by atoms with Crippen molar-refractivity contribution in [3.8, 4) is 11.5 Å². The highest BCUT2D eigenvalue weighted by Crippen LogP contribution is 2.31. The molecule has 0 amide bonds. The topological polar surface area (TPSA) is 120 Å². The highest BCUT2D eigenvalue weighted by atomic mass is 32.2. The highest BCUT2D eigenvalue weighted by molar-refractivity contribution is 7.89. The zero-order valence-corrected chi connectivity index (χ0v) is 12.9. The fourth-order valence-corrected chi connectivity index (χ4v) is 2.81. The Bertz CT molecular complexity index is 926. The average Bonchev–Trinajstić information content (AvgIpc) is 3.02. The summed E-state index contributed by atoms with van der Waals surface area (Å²) in [5.41, 5.74) is 0.276. The van der Waals surface area contributed by atoms with Crippen molar-refractivity contribution < 1.29 is 22.8 Å². The number of nitrogens with zero attached hydrogens (tertiary/aromatic N) is 2. The van der Waals surface area contributed by atoms with E-state index in [4.69, 9.17) is 9.47 Å². The van der Waals surface area contributed by atoms with E-state index >= 15 is 0 Å². The molecule has 1 aliphatic heterocycles. The third-order valence-corrected chi connectivity index (χ3v) is 4.34. The van der Waals surface area contributed by atoms with Crippen molar-refractivity contribution in [3.05, 3.63) is 58.1 Å². The van der Waals surface area contributed by atoms with E-state index in [-0.39, 0.29) is 17.4 Å². The molecule has 0 radical (unpaired) electrons. The van der Waals surface area contributed by atoms with Crippen LogP contribution in [-0.2, 0) is 10.0 Å². The van der Waals surface area contributed by atoms with Crippen LogP contribution in [-0.4, -0.2) is 26.3 Å². The van der Waals surface area contributed by atoms with Gasteiger partial charge in [0.2, 0.25) is 6.79 Å². The smallest absolute Gasteiger partial charge is 0.276 e. The van der Waals surface area contributed by atoms with Crippen LogP contribution >= 0.6 is 0 Å². The summed E-state index contributed by atoms with van der Waals surface area (Å²) in [6.45, 7) is 0.134. The molecule has 2 aromatic carbocycles. The minimum atomic E-state index is -4.01. The number of nitro groups is 1. The van der Waals surface area contributed by atoms with Crippen molar-refractivity contribution in [1.29, 1.82) is 0 Å². The van der Waals surface area contributed by atoms with E-state index in [1.165, 1.54) is 24.4 Å². The molecule has 0 unspecified atom stereocenters. The molecule has 24 heavy (non-hydrogen) atoms. The molecule has 1 aliphatic rings. The molecule has 0 saturated carbocycles. The lowest BCUT2D eigenvalue weighted by Crippen LogP contribution is -2.18. The van der Waals surface area contributed by atoms with Crippen molar-refractivity contribution >= 4 is 21.9 Å². The fraction of sp³-hybridized carbons (Fsp3) is 0.0714. The lowest BCUT2D eigenvalue weighted by atomic mass is 10.2. The maximum Gasteiger partial charge on any atom is 0.276 e. The molecule has 0 spiro atoms. The normalized spacial score (nSPS) is 13.2. The predicted molar refractivity (Wildman–Crippen MR) is 83.6 cm³/mol. The predicted octanol–water partition coefficient (Wildman–Crippen LogP) is 1.64. The van der Waals surface area contributed by atoms with Crippen molar-refractivity contribution in [1.82, 2.24) is 4.83 Å². The summed E-state index contributed by atoms with van der Waals surface area (Å²) >= 11 is 0. The van der Waals surface area contributed by atoms with Crippen LogP contribution in [0.1, 0.15) is 5.56 Å². The van der Waals surface area contributed by atoms with Gasteiger partial charge < -0.3 is 9.47 Å². The number of hydrazone groups is 1. The first-order chi connectivity index (χ1) is 11.5. The van der Waals surface area contributed by atoms with Gasteiger partial charge in [-0.3, -0.25) is 10.1 Å². The van der Waals surface area contributed by atoms with Gasteiger partial charge in [-0.2, -0.15) is 13.5 Å². The van der Waals surface area contributed by atoms with E-state index < -0.39 is 14.9 Å². The van der Waals surface area contributed by atoms with Crippen molar-refractivity contribution in [2.75, 3.05) is 6.79 Å². The Morgan fingerprint density at radius 1 is 1.17 bits per heavy atom. The Labute approximate surface area is 136 Å². The average molecular weight is 349 g/mol. The summed E-state index contributed by atoms with van der Waals surface area (Å²) < 4.78 is 34.6. The Morgan fingerprint density at radius 3 is 2.75 bits per heavy atom. The lowest BCUT2D eigenvalue weighted by Gasteiger charge is -2.03. The van der Waals surface area contributed by atoms with Crippen LogP contribution in [0.5, 0.6) is 11.5 Å². The molecule has 10 heteroatoms. The number of non-ortho nitro benzene ring substituents is 1. The molecule has 0 aliphatic carbocycles. The minimum absolute atomic E-state index is 0.134. The third kappa shape index (κ3) is 3.27. The molecule has 1 heterocycles. The van der Waals surface area contributed by atoms with Gasteiger partial charge in [0, 0.05) is 12.1 Å². The number of nitrogens with one attached hydrogen (secondary N) is 1. The number of hydrogen-bond acceptors (Lipinski definition) is 7. The molecule has 3 rings (SSSR count). The molecular formula is C14H11N3O6S. The zero-order valence-electron chi connectivity index (χ0n) is 12.1. The molecule has 1 N–H and O–H groups in total. The molecule has 0 bridgehead atoms. The first-order valence-corrected chi connectivity index (χ1v) is 8.13. The zero-order chi connectivity index (χ0) is 17.2. The van der Waals surface area contributed by atoms with Gasteiger partial charge in [-0.25, -0.2) is 4.83 Å². The van der Waals surface area contributed by atoms with Gasteiger partial charge in [0.25, 0.3) is 15.7 Å². The van der Waals surface area contributed by atoms with Crippen LogP contribution in [0.15, 0.2) is 52.5 Å². The summed E-state index contributed by atoms with van der Waals surface area (Å²) in [7, 11) is -4.01. The maximum absolute atomic E-state index is 12.1. The Morgan fingerprint density at radius 2 is 1.96 bits per heavy atom. The standard InChI is InChI=1S/C14H11N3O6S/c18-17(19)11-2-1-3-12(7-11)24(20,21)16-15-8-10-4-5-13-14(6-10)23-9-22-13/h1-8,16H,9H2/b15-8-. The lowest BCUT2D eigenvalue weighted by molar-refractivity contribution is -0.385. The summed E-state index contributed by atoms with van der Waals surface area (Å²) in [6.07, 6.45) is 1.29. The molecular weight excluding hydrogens is 338 g/mol. The van der Waals surface area contributed by atoms with Crippen LogP contribution in [0.3, 0.4) is 0 Å². The fourth-order valence-electron chi connectivity index (χ4n) is 1.98. The molecule has 2 aromatic rings. The summed E-state index contributed by atoms with van der Waals surface area (Å²) in [4.78, 5) is 11.8. The number of sulfonamides is 1. The monoisotopic (exact) mass is 349 g/mol. The Kier molecular flexibility index (Phi) is 4.04. The van der Waals surface area contributed by atoms with E-state index in [1.807, 2.05) is 4.83 Å². The van der Waals surface area contributed by atoms with E-state index in [0.717, 1.165) is 6.07 Å². The van der Waals surface area contributed by atoms with Gasteiger partial charge >= 0.3 is 0 Å². The second-order valence-electron chi connectivity index (χ2n) is 4.72. The van der Waals surface area contributed by atoms with Crippen LogP contribution in [0.2, 0.25) is 0 Å². The summed E-state index contributed by atoms with van der Waals surface area (Å²) in [5, 5.41) is 14.4. The summed E-state index contributed by atoms with van der Waals surface area (Å²) in [6, 6.07) is 9.69. The molecule has 0 aromatic heterocycles. The number of fused-ring (bicyclic) bond motifs is 1. The number of benzene rings is 2. The number of rotatable bonds is 5. The number of nitro benzene ring substituents is 1. The van der Waals surface area contributed by atoms with E-state index in [1.54, 1.807) is 18.2 Å². The van der Waals surface area contributed by atoms with Crippen molar-refractivity contribution in [2.45, 2.75) is 4.90 Å². The third-order valence-electron chi connectivity index (χ3n) is 3.12. The first kappa shape index (κ1) is 15.7. The minimum Gasteiger partial charge on any atom is -0.454 e. The van der Waals surface area contributed by atoms with Crippen LogP contribution in [0.25, 0.3) is 0 Å². The SMILES string of the molecule is O=[N+]([O-])c1cccc(S(=O)(=O)N/N=C\c2ccc3c(c2)OCO3)c1. The molecule has 0 atom stereocenters. The van der Waals surface area contributed by atoms with E-state index in [0.29, 0.717) is 17.1 Å². The van der Waals surface area contributed by atoms with Crippen LogP contribution < -0.4 is 14.3 Å². The maximum atomic E-state index is 12.1. The Hall–Kier alpha value is -3.14. The van der Waals surface area contributed by atoms with Gasteiger partial charge in [-0.15, -0.1) is 0 Å². The quantitative estimate of drug-likeness (QED) is 0.498. The van der Waals surface area contributed by atoms with E-state index in [9.17, 15) is 18.5 Å². The molecule has 0 fully saturated rings. The van der Waals surface area contributed by atoms with Crippen LogP contribution in [0.4, 0.5) is 5.69 Å². The van der Waals surface area contributed by atoms with Gasteiger partial charge in [-0.05, 0) is 29.8 Å². The molecule has 9 nitrogen and oxygen atoms in total. The largest absolute Gasteiger partial charge is 0.454 e. The van der Waals surface area contributed by atoms with E-state index in [2.05, 4.69) is 5.10 Å². The summed E-state index contributed by atoms with van der Waals surface area (Å²) in [5.74, 6) is 1.14. The first-order valence-electron chi connectivity index (χ1n) is 6.65. The van der Waals surface area contributed by atoms with Crippen LogP contribution in [0, 0.1) is 10.1 Å². The van der Waals surface area contributed by atoms with Crippen molar-refractivity contribution in [3.63, 3.8) is 0 Å². The molecule has 0 saturated heterocycles. The Balaban J connectivity index is 1.75. The number of ether oxygens (including phenoxy) is 2. The second kappa shape index (κ2) is 6.16. The molecule has 124 valence electrons. The second-order valence-corrected chi connectivity index (χ2v) is 6.38. The number of hydrogen-bond donors (Lipinski definition) is 1.